The van der Waals surface area contributed by atoms with Crippen LogP contribution in [0.5, 0.6) is 0 Å². The predicted molar refractivity (Wildman–Crippen MR) is 91.1 cm³/mol. The summed E-state index contributed by atoms with van der Waals surface area (Å²) in [6.45, 7) is 3.21. The molecule has 1 aliphatic heterocycles. The second-order valence-corrected chi connectivity index (χ2v) is 7.31. The fourth-order valence-electron chi connectivity index (χ4n) is 4.17. The molecule has 1 aromatic rings. The molecule has 3 atom stereocenters. The third kappa shape index (κ3) is 3.37. The van der Waals surface area contributed by atoms with Gasteiger partial charge < -0.3 is 10.6 Å². The van der Waals surface area contributed by atoms with Crippen molar-refractivity contribution in [2.24, 2.45) is 11.7 Å². The minimum Gasteiger partial charge on any atom is -0.368 e. The van der Waals surface area contributed by atoms with Gasteiger partial charge in [-0.05, 0) is 62.6 Å². The van der Waals surface area contributed by atoms with E-state index in [1.807, 2.05) is 6.92 Å². The smallest absolute Gasteiger partial charge is 0.0459 e. The zero-order valence-electron chi connectivity index (χ0n) is 13.0. The van der Waals surface area contributed by atoms with Crippen molar-refractivity contribution in [1.29, 1.82) is 0 Å². The van der Waals surface area contributed by atoms with Crippen molar-refractivity contribution in [2.45, 2.75) is 64.0 Å². The van der Waals surface area contributed by atoms with Crippen molar-refractivity contribution in [3.05, 3.63) is 28.8 Å². The molecule has 1 aliphatic carbocycles. The standard InChI is InChI=1S/C18H27ClN2/c1-13(20)11-15-8-9-16(12-17(15)19)21-10-4-6-14-5-2-3-7-18(14)21/h8-9,12-14,18H,2-7,10-11,20H2,1H3. The summed E-state index contributed by atoms with van der Waals surface area (Å²) in [6.07, 6.45) is 9.15. The van der Waals surface area contributed by atoms with Crippen LogP contribution < -0.4 is 10.6 Å². The zero-order valence-corrected chi connectivity index (χ0v) is 13.8. The zero-order chi connectivity index (χ0) is 14.8. The van der Waals surface area contributed by atoms with Gasteiger partial charge in [0.05, 0.1) is 0 Å². The van der Waals surface area contributed by atoms with Crippen LogP contribution in [0, 0.1) is 5.92 Å². The maximum atomic E-state index is 6.49. The summed E-state index contributed by atoms with van der Waals surface area (Å²) in [7, 11) is 0. The number of benzene rings is 1. The molecule has 2 fully saturated rings. The maximum absolute atomic E-state index is 6.49. The van der Waals surface area contributed by atoms with Crippen LogP contribution in [0.15, 0.2) is 18.2 Å². The van der Waals surface area contributed by atoms with Gasteiger partial charge in [-0.25, -0.2) is 0 Å². The van der Waals surface area contributed by atoms with Gasteiger partial charge in [-0.15, -0.1) is 0 Å². The molecule has 1 heterocycles. The molecular weight excluding hydrogens is 280 g/mol. The highest BCUT2D eigenvalue weighted by molar-refractivity contribution is 6.31. The number of fused-ring (bicyclic) bond motifs is 1. The number of piperidine rings is 1. The van der Waals surface area contributed by atoms with Crippen molar-refractivity contribution in [3.8, 4) is 0 Å². The van der Waals surface area contributed by atoms with Crippen LogP contribution in [0.4, 0.5) is 5.69 Å². The summed E-state index contributed by atoms with van der Waals surface area (Å²) >= 11 is 6.49. The highest BCUT2D eigenvalue weighted by atomic mass is 35.5. The minimum atomic E-state index is 0.158. The number of hydrogen-bond donors (Lipinski definition) is 1. The van der Waals surface area contributed by atoms with E-state index in [1.54, 1.807) is 0 Å². The van der Waals surface area contributed by atoms with Gasteiger partial charge in [0, 0.05) is 29.3 Å². The molecule has 2 N–H and O–H groups in total. The average molecular weight is 307 g/mol. The molecule has 0 bridgehead atoms. The average Bonchev–Trinajstić information content (AvgIpc) is 2.48. The van der Waals surface area contributed by atoms with Gasteiger partial charge in [0.1, 0.15) is 0 Å². The normalized spacial score (nSPS) is 27.3. The Morgan fingerprint density at radius 3 is 2.76 bits per heavy atom. The van der Waals surface area contributed by atoms with E-state index in [0.717, 1.165) is 23.4 Å². The van der Waals surface area contributed by atoms with Crippen LogP contribution in [0.2, 0.25) is 5.02 Å². The third-order valence-electron chi connectivity index (χ3n) is 5.15. The minimum absolute atomic E-state index is 0.158. The van der Waals surface area contributed by atoms with Crippen LogP contribution in [0.25, 0.3) is 0 Å². The Morgan fingerprint density at radius 1 is 1.24 bits per heavy atom. The number of nitrogens with two attached hydrogens (primary N) is 1. The molecule has 1 saturated carbocycles. The predicted octanol–water partition coefficient (Wildman–Crippen LogP) is 4.39. The van der Waals surface area contributed by atoms with Gasteiger partial charge >= 0.3 is 0 Å². The highest BCUT2D eigenvalue weighted by Gasteiger charge is 2.33. The van der Waals surface area contributed by atoms with Gasteiger partial charge in [0.25, 0.3) is 0 Å². The summed E-state index contributed by atoms with van der Waals surface area (Å²) in [5.41, 5.74) is 8.38. The van der Waals surface area contributed by atoms with Crippen LogP contribution in [-0.4, -0.2) is 18.6 Å². The van der Waals surface area contributed by atoms with E-state index in [9.17, 15) is 0 Å². The van der Waals surface area contributed by atoms with Gasteiger partial charge in [-0.2, -0.15) is 0 Å². The van der Waals surface area contributed by atoms with Gasteiger partial charge in [0.2, 0.25) is 0 Å². The Balaban J connectivity index is 1.80. The van der Waals surface area contributed by atoms with E-state index in [0.29, 0.717) is 0 Å². The lowest BCUT2D eigenvalue weighted by Crippen LogP contribution is -2.46. The fraction of sp³-hybridized carbons (Fsp3) is 0.667. The molecule has 3 heteroatoms. The first-order chi connectivity index (χ1) is 10.1. The van der Waals surface area contributed by atoms with E-state index in [4.69, 9.17) is 17.3 Å². The molecule has 116 valence electrons. The molecule has 3 rings (SSSR count). The first kappa shape index (κ1) is 15.2. The highest BCUT2D eigenvalue weighted by Crippen LogP contribution is 2.38. The molecule has 21 heavy (non-hydrogen) atoms. The van der Waals surface area contributed by atoms with Gasteiger partial charge in [0.15, 0.2) is 0 Å². The Bertz CT molecular complexity index is 484. The number of halogens is 1. The number of hydrogen-bond acceptors (Lipinski definition) is 2. The molecule has 2 nitrogen and oxygen atoms in total. The number of anilines is 1. The van der Waals surface area contributed by atoms with E-state index < -0.39 is 0 Å². The Kier molecular flexibility index (Phi) is 4.75. The molecule has 0 aromatic heterocycles. The molecule has 1 aromatic carbocycles. The lowest BCUT2D eigenvalue weighted by atomic mass is 9.78. The van der Waals surface area contributed by atoms with Gasteiger partial charge in [-0.1, -0.05) is 30.5 Å². The van der Waals surface area contributed by atoms with Crippen LogP contribution >= 0.6 is 11.6 Å². The van der Waals surface area contributed by atoms with Crippen molar-refractivity contribution in [2.75, 3.05) is 11.4 Å². The lowest BCUT2D eigenvalue weighted by Gasteiger charge is -2.45. The molecule has 2 aliphatic rings. The monoisotopic (exact) mass is 306 g/mol. The van der Waals surface area contributed by atoms with Crippen molar-refractivity contribution in [1.82, 2.24) is 0 Å². The summed E-state index contributed by atoms with van der Waals surface area (Å²) < 4.78 is 0. The van der Waals surface area contributed by atoms with Crippen molar-refractivity contribution < 1.29 is 0 Å². The third-order valence-corrected chi connectivity index (χ3v) is 5.51. The molecular formula is C18H27ClN2. The second-order valence-electron chi connectivity index (χ2n) is 6.90. The van der Waals surface area contributed by atoms with E-state index in [-0.39, 0.29) is 6.04 Å². The molecule has 0 radical (unpaired) electrons. The van der Waals surface area contributed by atoms with Gasteiger partial charge in [-0.3, -0.25) is 0 Å². The van der Waals surface area contributed by atoms with E-state index in [2.05, 4.69) is 23.1 Å². The van der Waals surface area contributed by atoms with E-state index >= 15 is 0 Å². The second kappa shape index (κ2) is 6.58. The summed E-state index contributed by atoms with van der Waals surface area (Å²) in [5.74, 6) is 0.898. The van der Waals surface area contributed by atoms with Crippen molar-refractivity contribution in [3.63, 3.8) is 0 Å². The van der Waals surface area contributed by atoms with Crippen molar-refractivity contribution >= 4 is 17.3 Å². The molecule has 0 spiro atoms. The molecule has 3 unspecified atom stereocenters. The van der Waals surface area contributed by atoms with Crippen LogP contribution in [-0.2, 0) is 6.42 Å². The SMILES string of the molecule is CC(N)Cc1ccc(N2CCCC3CCCCC32)cc1Cl. The number of rotatable bonds is 3. The topological polar surface area (TPSA) is 29.3 Å². The molecule has 1 saturated heterocycles. The fourth-order valence-corrected chi connectivity index (χ4v) is 4.42. The lowest BCUT2D eigenvalue weighted by molar-refractivity contribution is 0.244. The quantitative estimate of drug-likeness (QED) is 0.897. The Labute approximate surface area is 133 Å². The summed E-state index contributed by atoms with van der Waals surface area (Å²) in [5, 5.41) is 0.878. The Morgan fingerprint density at radius 2 is 2.00 bits per heavy atom. The summed E-state index contributed by atoms with van der Waals surface area (Å²) in [4.78, 5) is 2.62. The summed E-state index contributed by atoms with van der Waals surface area (Å²) in [6, 6.07) is 7.48. The largest absolute Gasteiger partial charge is 0.368 e. The first-order valence-electron chi connectivity index (χ1n) is 8.46. The maximum Gasteiger partial charge on any atom is 0.0459 e. The van der Waals surface area contributed by atoms with Crippen LogP contribution in [0.1, 0.15) is 51.0 Å². The molecule has 0 amide bonds. The first-order valence-corrected chi connectivity index (χ1v) is 8.83. The van der Waals surface area contributed by atoms with E-state index in [1.165, 1.54) is 56.3 Å². The Hall–Kier alpha value is -0.730. The number of nitrogens with zero attached hydrogens (tertiary/aromatic N) is 1. The van der Waals surface area contributed by atoms with Crippen LogP contribution in [0.3, 0.4) is 0 Å².